The van der Waals surface area contributed by atoms with Gasteiger partial charge in [0.05, 0.1) is 5.69 Å². The van der Waals surface area contributed by atoms with Crippen molar-refractivity contribution < 1.29 is 9.90 Å². The van der Waals surface area contributed by atoms with E-state index in [0.717, 1.165) is 6.54 Å². The van der Waals surface area contributed by atoms with Gasteiger partial charge in [-0.15, -0.1) is 0 Å². The van der Waals surface area contributed by atoms with Gasteiger partial charge in [0.2, 0.25) is 0 Å². The van der Waals surface area contributed by atoms with Crippen LogP contribution in [0.25, 0.3) is 0 Å². The predicted octanol–water partition coefficient (Wildman–Crippen LogP) is 2.48. The number of aromatic carboxylic acids is 1. The summed E-state index contributed by atoms with van der Waals surface area (Å²) in [6.07, 6.45) is 7.28. The van der Waals surface area contributed by atoms with Gasteiger partial charge < -0.3 is 10.4 Å². The van der Waals surface area contributed by atoms with Crippen molar-refractivity contribution in [2.24, 2.45) is 0 Å². The van der Waals surface area contributed by atoms with E-state index in [2.05, 4.69) is 16.6 Å². The van der Waals surface area contributed by atoms with E-state index in [9.17, 15) is 4.79 Å². The molecule has 1 aromatic heterocycles. The van der Waals surface area contributed by atoms with E-state index in [1.165, 1.54) is 25.5 Å². The summed E-state index contributed by atoms with van der Waals surface area (Å²) in [5, 5.41) is 12.2. The Balaban J connectivity index is 2.06. The van der Waals surface area contributed by atoms with E-state index in [0.29, 0.717) is 5.69 Å². The number of thioether (sulfide) groups is 1. The molecule has 0 saturated heterocycles. The Morgan fingerprint density at radius 3 is 2.94 bits per heavy atom. The van der Waals surface area contributed by atoms with Crippen LogP contribution in [-0.2, 0) is 0 Å². The lowest BCUT2D eigenvalue weighted by Gasteiger charge is -2.40. The van der Waals surface area contributed by atoms with Crippen molar-refractivity contribution in [3.63, 3.8) is 0 Å². The molecule has 1 aromatic rings. The Kier molecular flexibility index (Phi) is 3.57. The molecule has 92 valence electrons. The molecule has 0 radical (unpaired) electrons. The Morgan fingerprint density at radius 1 is 1.65 bits per heavy atom. The summed E-state index contributed by atoms with van der Waals surface area (Å²) in [4.78, 5) is 14.9. The van der Waals surface area contributed by atoms with Gasteiger partial charge in [0.1, 0.15) is 0 Å². The van der Waals surface area contributed by atoms with Crippen molar-refractivity contribution in [1.82, 2.24) is 4.98 Å². The molecule has 0 aliphatic heterocycles. The lowest BCUT2D eigenvalue weighted by molar-refractivity contribution is 0.0691. The van der Waals surface area contributed by atoms with Crippen LogP contribution in [0, 0.1) is 0 Å². The number of carboxylic acids is 1. The number of rotatable bonds is 5. The number of hydrogen-bond donors (Lipinski definition) is 2. The van der Waals surface area contributed by atoms with Crippen LogP contribution in [0.15, 0.2) is 18.3 Å². The zero-order valence-electron chi connectivity index (χ0n) is 9.77. The first-order valence-corrected chi connectivity index (χ1v) is 6.87. The number of carboxylic acid groups (broad SMARTS) is 1. The Labute approximate surface area is 105 Å². The van der Waals surface area contributed by atoms with Gasteiger partial charge in [-0.05, 0) is 31.2 Å². The van der Waals surface area contributed by atoms with Gasteiger partial charge in [-0.1, -0.05) is 6.42 Å². The largest absolute Gasteiger partial charge is 0.476 e. The molecule has 0 bridgehead atoms. The summed E-state index contributed by atoms with van der Waals surface area (Å²) in [7, 11) is 0. The minimum atomic E-state index is -0.986. The molecule has 0 aromatic carbocycles. The van der Waals surface area contributed by atoms with Crippen LogP contribution in [0.1, 0.15) is 29.8 Å². The highest BCUT2D eigenvalue weighted by Crippen LogP contribution is 2.42. The van der Waals surface area contributed by atoms with E-state index in [-0.39, 0.29) is 10.4 Å². The lowest BCUT2D eigenvalue weighted by atomic mass is 9.84. The third-order valence-electron chi connectivity index (χ3n) is 3.31. The summed E-state index contributed by atoms with van der Waals surface area (Å²) < 4.78 is 0.283. The van der Waals surface area contributed by atoms with Crippen molar-refractivity contribution in [1.29, 1.82) is 0 Å². The van der Waals surface area contributed by atoms with E-state index in [1.807, 2.05) is 11.8 Å². The highest BCUT2D eigenvalue weighted by molar-refractivity contribution is 8.00. The zero-order chi connectivity index (χ0) is 12.3. The first-order chi connectivity index (χ1) is 8.17. The van der Waals surface area contributed by atoms with Crippen molar-refractivity contribution in [3.8, 4) is 0 Å². The number of pyridine rings is 1. The molecule has 0 unspecified atom stereocenters. The van der Waals surface area contributed by atoms with E-state index < -0.39 is 5.97 Å². The fourth-order valence-electron chi connectivity index (χ4n) is 2.00. The number of carbonyl (C=O) groups is 1. The van der Waals surface area contributed by atoms with Crippen LogP contribution in [0.3, 0.4) is 0 Å². The average Bonchev–Trinajstić information content (AvgIpc) is 2.28. The second-order valence-electron chi connectivity index (χ2n) is 4.30. The number of anilines is 1. The Bertz CT molecular complexity index is 413. The minimum absolute atomic E-state index is 0.100. The number of nitrogens with one attached hydrogen (secondary N) is 1. The molecule has 17 heavy (non-hydrogen) atoms. The molecule has 0 atom stereocenters. The van der Waals surface area contributed by atoms with Gasteiger partial charge in [0.15, 0.2) is 5.69 Å². The van der Waals surface area contributed by atoms with Crippen LogP contribution in [0.2, 0.25) is 0 Å². The van der Waals surface area contributed by atoms with Crippen LogP contribution in [0.5, 0.6) is 0 Å². The molecule has 1 heterocycles. The molecule has 1 aliphatic carbocycles. The van der Waals surface area contributed by atoms with Gasteiger partial charge in [0.25, 0.3) is 0 Å². The summed E-state index contributed by atoms with van der Waals surface area (Å²) >= 11 is 1.86. The maximum atomic E-state index is 11.0. The highest BCUT2D eigenvalue weighted by atomic mass is 32.2. The minimum Gasteiger partial charge on any atom is -0.476 e. The van der Waals surface area contributed by atoms with Gasteiger partial charge in [-0.25, -0.2) is 9.78 Å². The van der Waals surface area contributed by atoms with Crippen LogP contribution in [-0.4, -0.2) is 33.6 Å². The number of nitrogens with zero attached hydrogens (tertiary/aromatic N) is 1. The maximum Gasteiger partial charge on any atom is 0.356 e. The lowest BCUT2D eigenvalue weighted by Crippen LogP contribution is -2.40. The molecule has 1 fully saturated rings. The zero-order valence-corrected chi connectivity index (χ0v) is 10.6. The SMILES string of the molecule is CSC1(CNc2cccnc2C(=O)O)CCC1. The fourth-order valence-corrected chi connectivity index (χ4v) is 2.91. The molecular weight excluding hydrogens is 236 g/mol. The molecule has 5 heteroatoms. The van der Waals surface area contributed by atoms with E-state index in [4.69, 9.17) is 5.11 Å². The summed E-state index contributed by atoms with van der Waals surface area (Å²) in [5.41, 5.74) is 0.711. The predicted molar refractivity (Wildman–Crippen MR) is 69.8 cm³/mol. The van der Waals surface area contributed by atoms with Crippen LogP contribution < -0.4 is 5.32 Å². The second-order valence-corrected chi connectivity index (χ2v) is 5.57. The molecule has 2 rings (SSSR count). The van der Waals surface area contributed by atoms with Gasteiger partial charge in [0, 0.05) is 17.5 Å². The van der Waals surface area contributed by atoms with Gasteiger partial charge in [-0.2, -0.15) is 11.8 Å². The molecule has 4 nitrogen and oxygen atoms in total. The first kappa shape index (κ1) is 12.2. The summed E-state index contributed by atoms with van der Waals surface area (Å²) in [6.45, 7) is 0.806. The summed E-state index contributed by atoms with van der Waals surface area (Å²) in [6, 6.07) is 3.52. The normalized spacial score (nSPS) is 17.2. The van der Waals surface area contributed by atoms with Crippen molar-refractivity contribution in [2.45, 2.75) is 24.0 Å². The van der Waals surface area contributed by atoms with Crippen LogP contribution >= 0.6 is 11.8 Å². The molecule has 2 N–H and O–H groups in total. The number of hydrogen-bond acceptors (Lipinski definition) is 4. The Morgan fingerprint density at radius 2 is 2.41 bits per heavy atom. The van der Waals surface area contributed by atoms with Crippen molar-refractivity contribution >= 4 is 23.4 Å². The Hall–Kier alpha value is -1.23. The average molecular weight is 252 g/mol. The topological polar surface area (TPSA) is 62.2 Å². The molecular formula is C12H16N2O2S. The molecule has 1 aliphatic rings. The monoisotopic (exact) mass is 252 g/mol. The first-order valence-electron chi connectivity index (χ1n) is 5.64. The van der Waals surface area contributed by atoms with Crippen molar-refractivity contribution in [3.05, 3.63) is 24.0 Å². The maximum absolute atomic E-state index is 11.0. The fraction of sp³-hybridized carbons (Fsp3) is 0.500. The third kappa shape index (κ3) is 2.54. The van der Waals surface area contributed by atoms with Crippen LogP contribution in [0.4, 0.5) is 5.69 Å². The van der Waals surface area contributed by atoms with E-state index >= 15 is 0 Å². The number of aromatic nitrogens is 1. The molecule has 0 spiro atoms. The molecule has 1 saturated carbocycles. The highest BCUT2D eigenvalue weighted by Gasteiger charge is 2.36. The molecule has 0 amide bonds. The second kappa shape index (κ2) is 4.96. The van der Waals surface area contributed by atoms with Gasteiger partial charge in [-0.3, -0.25) is 0 Å². The van der Waals surface area contributed by atoms with Crippen molar-refractivity contribution in [2.75, 3.05) is 18.1 Å². The third-order valence-corrected chi connectivity index (χ3v) is 4.73. The summed E-state index contributed by atoms with van der Waals surface area (Å²) in [5.74, 6) is -0.986. The van der Waals surface area contributed by atoms with Gasteiger partial charge >= 0.3 is 5.97 Å². The standard InChI is InChI=1S/C12H16N2O2S/c1-17-12(5-3-6-12)8-14-9-4-2-7-13-10(9)11(15)16/h2,4,7,14H,3,5-6,8H2,1H3,(H,15,16). The quantitative estimate of drug-likeness (QED) is 0.843. The smallest absolute Gasteiger partial charge is 0.356 e. The van der Waals surface area contributed by atoms with E-state index in [1.54, 1.807) is 12.1 Å².